The van der Waals surface area contributed by atoms with Gasteiger partial charge in [-0.3, -0.25) is 10.1 Å². The highest BCUT2D eigenvalue weighted by atomic mass is 32.1. The Labute approximate surface area is 93.9 Å². The van der Waals surface area contributed by atoms with Gasteiger partial charge in [-0.2, -0.15) is 0 Å². The average molecular weight is 227 g/mol. The lowest BCUT2D eigenvalue weighted by Crippen LogP contribution is -2.38. The van der Waals surface area contributed by atoms with E-state index in [0.29, 0.717) is 0 Å². The van der Waals surface area contributed by atoms with Gasteiger partial charge in [0.15, 0.2) is 0 Å². The molecule has 5 heteroatoms. The van der Waals surface area contributed by atoms with Crippen molar-refractivity contribution < 1.29 is 4.79 Å². The number of primary amides is 1. The van der Waals surface area contributed by atoms with Crippen molar-refractivity contribution in [3.05, 3.63) is 16.1 Å². The first-order chi connectivity index (χ1) is 7.06. The highest BCUT2D eigenvalue weighted by molar-refractivity contribution is 7.10. The number of hydrogen-bond donors (Lipinski definition) is 2. The van der Waals surface area contributed by atoms with Gasteiger partial charge in [0.05, 0.1) is 16.1 Å². The van der Waals surface area contributed by atoms with Crippen LogP contribution in [0.25, 0.3) is 0 Å². The van der Waals surface area contributed by atoms with Gasteiger partial charge >= 0.3 is 0 Å². The van der Waals surface area contributed by atoms with Crippen LogP contribution in [0.1, 0.15) is 36.9 Å². The predicted molar refractivity (Wildman–Crippen MR) is 61.7 cm³/mol. The van der Waals surface area contributed by atoms with Gasteiger partial charge < -0.3 is 5.73 Å². The molecule has 1 aromatic heterocycles. The molecule has 1 heterocycles. The van der Waals surface area contributed by atoms with E-state index in [-0.39, 0.29) is 11.9 Å². The molecule has 2 atom stereocenters. The molecule has 0 bridgehead atoms. The molecule has 1 amide bonds. The van der Waals surface area contributed by atoms with Crippen molar-refractivity contribution in [3.8, 4) is 0 Å². The van der Waals surface area contributed by atoms with Crippen molar-refractivity contribution >= 4 is 17.2 Å². The van der Waals surface area contributed by atoms with Crippen LogP contribution < -0.4 is 11.1 Å². The summed E-state index contributed by atoms with van der Waals surface area (Å²) in [6.07, 6.45) is 0.960. The smallest absolute Gasteiger partial charge is 0.240 e. The zero-order valence-electron chi connectivity index (χ0n) is 9.28. The van der Waals surface area contributed by atoms with Gasteiger partial charge in [0.25, 0.3) is 0 Å². The molecule has 15 heavy (non-hydrogen) atoms. The van der Waals surface area contributed by atoms with Crippen LogP contribution in [-0.2, 0) is 4.79 Å². The maximum atomic E-state index is 11.3. The minimum absolute atomic E-state index is 0.268. The molecule has 84 valence electrons. The van der Waals surface area contributed by atoms with Gasteiger partial charge in [-0.1, -0.05) is 6.92 Å². The van der Waals surface area contributed by atoms with E-state index in [1.165, 1.54) is 11.3 Å². The first kappa shape index (κ1) is 12.1. The van der Waals surface area contributed by atoms with Crippen molar-refractivity contribution in [2.24, 2.45) is 5.73 Å². The average Bonchev–Trinajstić information content (AvgIpc) is 2.60. The Balaban J connectivity index is 2.84. The van der Waals surface area contributed by atoms with Crippen LogP contribution in [0.3, 0.4) is 0 Å². The predicted octanol–water partition coefficient (Wildman–Crippen LogP) is 1.37. The van der Waals surface area contributed by atoms with E-state index in [9.17, 15) is 4.79 Å². The molecular weight excluding hydrogens is 210 g/mol. The fourth-order valence-electron chi connectivity index (χ4n) is 1.28. The van der Waals surface area contributed by atoms with E-state index in [0.717, 1.165) is 17.0 Å². The molecule has 0 aromatic carbocycles. The number of nitrogens with one attached hydrogen (secondary N) is 1. The lowest BCUT2D eigenvalue weighted by atomic mass is 10.1. The molecule has 0 spiro atoms. The van der Waals surface area contributed by atoms with Crippen molar-refractivity contribution in [1.29, 1.82) is 0 Å². The Morgan fingerprint density at radius 1 is 1.73 bits per heavy atom. The molecule has 0 aliphatic heterocycles. The number of rotatable bonds is 5. The summed E-state index contributed by atoms with van der Waals surface area (Å²) in [5.41, 5.74) is 7.99. The molecular formula is C10H17N3OS. The van der Waals surface area contributed by atoms with Crippen molar-refractivity contribution in [3.63, 3.8) is 0 Å². The van der Waals surface area contributed by atoms with Crippen LogP contribution in [0, 0.1) is 6.92 Å². The van der Waals surface area contributed by atoms with E-state index >= 15 is 0 Å². The number of amides is 1. The minimum Gasteiger partial charge on any atom is -0.368 e. The number of carbonyl (C=O) groups is 1. The summed E-state index contributed by atoms with van der Waals surface area (Å²) < 4.78 is 0. The molecule has 4 nitrogen and oxygen atoms in total. The van der Waals surface area contributed by atoms with Crippen LogP contribution in [-0.4, -0.2) is 16.9 Å². The molecule has 0 aliphatic carbocycles. The molecule has 3 N–H and O–H groups in total. The summed E-state index contributed by atoms with van der Waals surface area (Å²) in [6, 6.07) is -0.142. The van der Waals surface area contributed by atoms with Crippen LogP contribution in [0.2, 0.25) is 0 Å². The number of nitrogens with zero attached hydrogens (tertiary/aromatic N) is 1. The summed E-state index contributed by atoms with van der Waals surface area (Å²) in [4.78, 5) is 16.4. The standard InChI is InChI=1S/C10H17N3OS/c1-4-6(2)13-8(10(11)14)9-7(3)12-5-15-9/h5-6,8,13H,4H2,1-3H3,(H2,11,14). The van der Waals surface area contributed by atoms with Gasteiger partial charge in [-0.05, 0) is 20.3 Å². The van der Waals surface area contributed by atoms with Gasteiger partial charge in [-0.25, -0.2) is 4.98 Å². The van der Waals surface area contributed by atoms with Crippen LogP contribution >= 0.6 is 11.3 Å². The summed E-state index contributed by atoms with van der Waals surface area (Å²) in [5.74, 6) is -0.345. The minimum atomic E-state index is -0.410. The van der Waals surface area contributed by atoms with Gasteiger partial charge in [0.1, 0.15) is 6.04 Å². The lowest BCUT2D eigenvalue weighted by molar-refractivity contribution is -0.120. The van der Waals surface area contributed by atoms with E-state index < -0.39 is 6.04 Å². The van der Waals surface area contributed by atoms with Crippen LogP contribution in [0.15, 0.2) is 5.51 Å². The second-order valence-corrected chi connectivity index (χ2v) is 4.50. The second kappa shape index (κ2) is 5.23. The summed E-state index contributed by atoms with van der Waals surface area (Å²) in [6.45, 7) is 5.99. The Kier molecular flexibility index (Phi) is 4.23. The van der Waals surface area contributed by atoms with Crippen molar-refractivity contribution in [2.75, 3.05) is 0 Å². The highest BCUT2D eigenvalue weighted by Crippen LogP contribution is 2.22. The van der Waals surface area contributed by atoms with Crippen LogP contribution in [0.4, 0.5) is 0 Å². The summed E-state index contributed by atoms with van der Waals surface area (Å²) >= 11 is 1.46. The zero-order valence-corrected chi connectivity index (χ0v) is 10.1. The van der Waals surface area contributed by atoms with Crippen molar-refractivity contribution in [1.82, 2.24) is 10.3 Å². The molecule has 0 aliphatic rings. The first-order valence-electron chi connectivity index (χ1n) is 5.01. The quantitative estimate of drug-likeness (QED) is 0.798. The highest BCUT2D eigenvalue weighted by Gasteiger charge is 2.22. The Hall–Kier alpha value is -0.940. The lowest BCUT2D eigenvalue weighted by Gasteiger charge is -2.19. The largest absolute Gasteiger partial charge is 0.368 e. The summed E-state index contributed by atoms with van der Waals surface area (Å²) in [5, 5.41) is 3.21. The monoisotopic (exact) mass is 227 g/mol. The first-order valence-corrected chi connectivity index (χ1v) is 5.89. The number of nitrogens with two attached hydrogens (primary N) is 1. The maximum absolute atomic E-state index is 11.3. The van der Waals surface area contributed by atoms with Gasteiger partial charge in [0.2, 0.25) is 5.91 Å². The molecule has 0 fully saturated rings. The topological polar surface area (TPSA) is 68.0 Å². The van der Waals surface area contributed by atoms with Gasteiger partial charge in [-0.15, -0.1) is 11.3 Å². The summed E-state index contributed by atoms with van der Waals surface area (Å²) in [7, 11) is 0. The molecule has 2 unspecified atom stereocenters. The van der Waals surface area contributed by atoms with Crippen molar-refractivity contribution in [2.45, 2.75) is 39.3 Å². The van der Waals surface area contributed by atoms with E-state index in [4.69, 9.17) is 5.73 Å². The SMILES string of the molecule is CCC(C)NC(C(N)=O)c1scnc1C. The third-order valence-electron chi connectivity index (χ3n) is 2.39. The molecule has 1 aromatic rings. The van der Waals surface area contributed by atoms with E-state index in [1.54, 1.807) is 5.51 Å². The third-order valence-corrected chi connectivity index (χ3v) is 3.39. The fraction of sp³-hybridized carbons (Fsp3) is 0.600. The molecule has 0 radical (unpaired) electrons. The normalized spacial score (nSPS) is 14.9. The number of hydrogen-bond acceptors (Lipinski definition) is 4. The third kappa shape index (κ3) is 3.00. The zero-order chi connectivity index (χ0) is 11.4. The second-order valence-electron chi connectivity index (χ2n) is 3.61. The number of thiazole rings is 1. The Morgan fingerprint density at radius 2 is 2.40 bits per heavy atom. The Morgan fingerprint density at radius 3 is 2.80 bits per heavy atom. The Bertz CT molecular complexity index is 337. The van der Waals surface area contributed by atoms with E-state index in [1.807, 2.05) is 13.8 Å². The van der Waals surface area contributed by atoms with E-state index in [2.05, 4.69) is 17.2 Å². The van der Waals surface area contributed by atoms with Crippen LogP contribution in [0.5, 0.6) is 0 Å². The molecule has 0 saturated carbocycles. The number of carbonyl (C=O) groups excluding carboxylic acids is 1. The van der Waals surface area contributed by atoms with Gasteiger partial charge in [0, 0.05) is 6.04 Å². The number of aromatic nitrogens is 1. The number of aryl methyl sites for hydroxylation is 1. The molecule has 0 saturated heterocycles. The molecule has 1 rings (SSSR count). The maximum Gasteiger partial charge on any atom is 0.240 e. The fourth-order valence-corrected chi connectivity index (χ4v) is 2.15.